The lowest BCUT2D eigenvalue weighted by Gasteiger charge is -2.23. The van der Waals surface area contributed by atoms with Crippen LogP contribution < -0.4 is 0 Å². The number of benzene rings is 2. The molecule has 1 N–H and O–H groups in total. The number of carbonyl (C=O) groups is 1. The zero-order chi connectivity index (χ0) is 20.5. The maximum atomic E-state index is 11.5. The number of aromatic nitrogens is 2. The smallest absolute Gasteiger partial charge is 0.335 e. The van der Waals surface area contributed by atoms with Crippen molar-refractivity contribution in [2.45, 2.75) is 19.5 Å². The van der Waals surface area contributed by atoms with Crippen LogP contribution >= 0.6 is 0 Å². The number of hydrogen-bond donors (Lipinski definition) is 1. The normalized spacial score (nSPS) is 13.8. The van der Waals surface area contributed by atoms with Gasteiger partial charge in [-0.05, 0) is 30.8 Å². The molecule has 8 nitrogen and oxygen atoms in total. The highest BCUT2D eigenvalue weighted by atomic mass is 16.6. The number of carboxylic acid groups (broad SMARTS) is 1. The van der Waals surface area contributed by atoms with Gasteiger partial charge in [0, 0.05) is 36.8 Å². The maximum absolute atomic E-state index is 11.5. The number of fused-ring (bicyclic) bond motifs is 1. The van der Waals surface area contributed by atoms with Gasteiger partial charge in [0.2, 0.25) is 0 Å². The molecule has 8 heteroatoms. The van der Waals surface area contributed by atoms with Crippen LogP contribution in [0.4, 0.5) is 5.69 Å². The molecule has 1 aliphatic rings. The Hall–Kier alpha value is -3.52. The molecule has 3 aromatic rings. The molecule has 0 bridgehead atoms. The largest absolute Gasteiger partial charge is 0.478 e. The Morgan fingerprint density at radius 1 is 1.21 bits per heavy atom. The molecule has 0 saturated heterocycles. The Balaban J connectivity index is 1.78. The number of para-hydroxylation sites is 1. The van der Waals surface area contributed by atoms with E-state index in [-0.39, 0.29) is 16.2 Å². The van der Waals surface area contributed by atoms with Crippen molar-refractivity contribution >= 4 is 11.7 Å². The average molecular weight is 392 g/mol. The molecule has 148 valence electrons. The van der Waals surface area contributed by atoms with Crippen LogP contribution in [0.25, 0.3) is 11.3 Å². The van der Waals surface area contributed by atoms with E-state index < -0.39 is 5.97 Å². The highest BCUT2D eigenvalue weighted by Gasteiger charge is 2.27. The Morgan fingerprint density at radius 2 is 1.93 bits per heavy atom. The van der Waals surface area contributed by atoms with Crippen LogP contribution in [0.1, 0.15) is 27.2 Å². The SMILES string of the molecule is CN1CCc2c(c(-c3ccccc3[N+](=O)[O-])nn2Cc2ccc(C(=O)O)cc2)C1. The standard InChI is InChI=1S/C21H20N4O4/c1-23-11-10-18-17(13-23)20(16-4-2-3-5-19(16)25(28)29)22-24(18)12-14-6-8-15(9-7-14)21(26)27/h2-9H,10-13H2,1H3,(H,26,27). The van der Waals surface area contributed by atoms with E-state index in [9.17, 15) is 14.9 Å². The highest BCUT2D eigenvalue weighted by Crippen LogP contribution is 2.35. The fraction of sp³-hybridized carbons (Fsp3) is 0.238. The predicted molar refractivity (Wildman–Crippen MR) is 107 cm³/mol. The fourth-order valence-electron chi connectivity index (χ4n) is 3.73. The van der Waals surface area contributed by atoms with Crippen LogP contribution in [-0.2, 0) is 19.5 Å². The molecular weight excluding hydrogens is 372 g/mol. The maximum Gasteiger partial charge on any atom is 0.335 e. The number of nitro benzene ring substituents is 1. The molecule has 29 heavy (non-hydrogen) atoms. The Kier molecular flexibility index (Phi) is 4.85. The van der Waals surface area contributed by atoms with Crippen molar-refractivity contribution in [3.63, 3.8) is 0 Å². The van der Waals surface area contributed by atoms with Crippen molar-refractivity contribution in [3.8, 4) is 11.3 Å². The molecule has 1 aliphatic heterocycles. The summed E-state index contributed by atoms with van der Waals surface area (Å²) in [6, 6.07) is 13.4. The van der Waals surface area contributed by atoms with Gasteiger partial charge >= 0.3 is 5.97 Å². The minimum Gasteiger partial charge on any atom is -0.478 e. The molecule has 2 heterocycles. The summed E-state index contributed by atoms with van der Waals surface area (Å²) in [4.78, 5) is 24.4. The molecule has 0 aliphatic carbocycles. The number of nitro groups is 1. The van der Waals surface area contributed by atoms with Gasteiger partial charge in [-0.3, -0.25) is 14.8 Å². The summed E-state index contributed by atoms with van der Waals surface area (Å²) in [5.74, 6) is -0.963. The highest BCUT2D eigenvalue weighted by molar-refractivity contribution is 5.87. The van der Waals surface area contributed by atoms with Crippen molar-refractivity contribution in [3.05, 3.63) is 81.0 Å². The number of likely N-dealkylation sites (N-methyl/N-ethyl adjacent to an activating group) is 1. The van der Waals surface area contributed by atoms with E-state index in [1.54, 1.807) is 42.5 Å². The van der Waals surface area contributed by atoms with Gasteiger partial charge in [-0.1, -0.05) is 24.3 Å². The van der Waals surface area contributed by atoms with Crippen molar-refractivity contribution in [1.82, 2.24) is 14.7 Å². The van der Waals surface area contributed by atoms with E-state index in [1.165, 1.54) is 6.07 Å². The molecule has 2 aromatic carbocycles. The first-order valence-electron chi connectivity index (χ1n) is 9.27. The van der Waals surface area contributed by atoms with E-state index in [0.29, 0.717) is 24.3 Å². The third kappa shape index (κ3) is 3.62. The molecule has 0 saturated carbocycles. The number of carboxylic acids is 1. The zero-order valence-electron chi connectivity index (χ0n) is 15.9. The van der Waals surface area contributed by atoms with Gasteiger partial charge in [0.1, 0.15) is 5.69 Å². The van der Waals surface area contributed by atoms with Crippen LogP contribution in [0.15, 0.2) is 48.5 Å². The first-order chi connectivity index (χ1) is 13.9. The summed E-state index contributed by atoms with van der Waals surface area (Å²) in [6.45, 7) is 2.04. The third-order valence-corrected chi connectivity index (χ3v) is 5.21. The van der Waals surface area contributed by atoms with Gasteiger partial charge in [-0.25, -0.2) is 4.79 Å². The lowest BCUT2D eigenvalue weighted by molar-refractivity contribution is -0.384. The van der Waals surface area contributed by atoms with Crippen LogP contribution in [0.2, 0.25) is 0 Å². The quantitative estimate of drug-likeness (QED) is 0.529. The molecule has 0 atom stereocenters. The molecule has 0 unspecified atom stereocenters. The van der Waals surface area contributed by atoms with Gasteiger partial charge < -0.3 is 10.0 Å². The van der Waals surface area contributed by atoms with Gasteiger partial charge in [0.15, 0.2) is 0 Å². The summed E-state index contributed by atoms with van der Waals surface area (Å²) in [5.41, 5.74) is 4.43. The number of nitrogens with zero attached hydrogens (tertiary/aromatic N) is 4. The second-order valence-electron chi connectivity index (χ2n) is 7.20. The van der Waals surface area contributed by atoms with Crippen molar-refractivity contribution in [2.75, 3.05) is 13.6 Å². The summed E-state index contributed by atoms with van der Waals surface area (Å²) in [7, 11) is 2.02. The Bertz CT molecular complexity index is 1090. The van der Waals surface area contributed by atoms with Crippen molar-refractivity contribution < 1.29 is 14.8 Å². The number of aromatic carboxylic acids is 1. The Morgan fingerprint density at radius 3 is 2.62 bits per heavy atom. The number of hydrogen-bond acceptors (Lipinski definition) is 5. The van der Waals surface area contributed by atoms with Crippen LogP contribution in [0.5, 0.6) is 0 Å². The summed E-state index contributed by atoms with van der Waals surface area (Å²) >= 11 is 0. The summed E-state index contributed by atoms with van der Waals surface area (Å²) in [5, 5.41) is 25.4. The van der Waals surface area contributed by atoms with E-state index in [0.717, 1.165) is 29.8 Å². The zero-order valence-corrected chi connectivity index (χ0v) is 15.9. The minimum atomic E-state index is -0.963. The van der Waals surface area contributed by atoms with Gasteiger partial charge in [-0.15, -0.1) is 0 Å². The van der Waals surface area contributed by atoms with Crippen LogP contribution in [0, 0.1) is 10.1 Å². The number of rotatable bonds is 5. The van der Waals surface area contributed by atoms with Gasteiger partial charge in [0.25, 0.3) is 5.69 Å². The van der Waals surface area contributed by atoms with Crippen LogP contribution in [-0.4, -0.2) is 44.3 Å². The molecule has 1 aromatic heterocycles. The first-order valence-corrected chi connectivity index (χ1v) is 9.27. The second-order valence-corrected chi connectivity index (χ2v) is 7.20. The summed E-state index contributed by atoms with van der Waals surface area (Å²) < 4.78 is 1.89. The van der Waals surface area contributed by atoms with Crippen LogP contribution in [0.3, 0.4) is 0 Å². The molecule has 0 spiro atoms. The van der Waals surface area contributed by atoms with Crippen molar-refractivity contribution in [1.29, 1.82) is 0 Å². The summed E-state index contributed by atoms with van der Waals surface area (Å²) in [6.07, 6.45) is 0.798. The average Bonchev–Trinajstić information content (AvgIpc) is 3.05. The lowest BCUT2D eigenvalue weighted by atomic mass is 10.00. The van der Waals surface area contributed by atoms with E-state index in [4.69, 9.17) is 10.2 Å². The second kappa shape index (κ2) is 7.48. The predicted octanol–water partition coefficient (Wildman–Crippen LogP) is 3.19. The van der Waals surface area contributed by atoms with E-state index in [1.807, 2.05) is 11.7 Å². The topological polar surface area (TPSA) is 101 Å². The molecular formula is C21H20N4O4. The van der Waals surface area contributed by atoms with Gasteiger partial charge in [-0.2, -0.15) is 5.10 Å². The van der Waals surface area contributed by atoms with Crippen molar-refractivity contribution in [2.24, 2.45) is 0 Å². The monoisotopic (exact) mass is 392 g/mol. The van der Waals surface area contributed by atoms with E-state index >= 15 is 0 Å². The lowest BCUT2D eigenvalue weighted by Crippen LogP contribution is -2.27. The minimum absolute atomic E-state index is 0.0407. The van der Waals surface area contributed by atoms with Gasteiger partial charge in [0.05, 0.1) is 22.6 Å². The first kappa shape index (κ1) is 18.8. The molecule has 4 rings (SSSR count). The fourth-order valence-corrected chi connectivity index (χ4v) is 3.73. The molecule has 0 amide bonds. The van der Waals surface area contributed by atoms with E-state index in [2.05, 4.69) is 4.90 Å². The Labute approximate surface area is 167 Å². The third-order valence-electron chi connectivity index (χ3n) is 5.21. The molecule has 0 radical (unpaired) electrons. The molecule has 0 fully saturated rings.